The van der Waals surface area contributed by atoms with Crippen LogP contribution in [0.2, 0.25) is 0 Å². The first-order chi connectivity index (χ1) is 9.48. The summed E-state index contributed by atoms with van der Waals surface area (Å²) in [5.74, 6) is 0. The number of aromatic nitrogens is 1. The molecule has 3 nitrogen and oxygen atoms in total. The zero-order valence-electron chi connectivity index (χ0n) is 10.7. The van der Waals surface area contributed by atoms with Gasteiger partial charge in [0.05, 0.1) is 10.4 Å². The molecule has 5 heteroatoms. The Balaban J connectivity index is 2.23. The van der Waals surface area contributed by atoms with Crippen LogP contribution in [0, 0.1) is 13.0 Å². The van der Waals surface area contributed by atoms with E-state index in [1.807, 2.05) is 19.1 Å². The Bertz CT molecular complexity index is 880. The van der Waals surface area contributed by atoms with Crippen LogP contribution in [0.15, 0.2) is 58.0 Å². The zero-order valence-corrected chi connectivity index (χ0v) is 13.1. The van der Waals surface area contributed by atoms with Gasteiger partial charge in [0, 0.05) is 22.1 Å². The number of hydrogen-bond donors (Lipinski definition) is 0. The normalized spacial score (nSPS) is 11.9. The fourth-order valence-electron chi connectivity index (χ4n) is 2.03. The highest BCUT2D eigenvalue weighted by Gasteiger charge is 2.18. The molecule has 0 unspecified atom stereocenters. The van der Waals surface area contributed by atoms with Gasteiger partial charge in [-0.1, -0.05) is 39.7 Å². The molecule has 0 aliphatic heterocycles. The van der Waals surface area contributed by atoms with Crippen molar-refractivity contribution in [1.82, 2.24) is 3.97 Å². The topological polar surface area (TPSA) is 39.1 Å². The summed E-state index contributed by atoms with van der Waals surface area (Å²) in [5, 5.41) is 0.767. The molecule has 101 valence electrons. The van der Waals surface area contributed by atoms with Crippen LogP contribution in [0.3, 0.4) is 0 Å². The van der Waals surface area contributed by atoms with Crippen LogP contribution in [0.1, 0.15) is 5.56 Å². The highest BCUT2D eigenvalue weighted by atomic mass is 79.9. The number of rotatable bonds is 2. The van der Waals surface area contributed by atoms with E-state index < -0.39 is 10.0 Å². The number of aryl methyl sites for hydroxylation is 1. The molecule has 0 aliphatic carbocycles. The minimum absolute atomic E-state index is 0.272. The molecular weight excluding hydrogens is 338 g/mol. The van der Waals surface area contributed by atoms with Crippen molar-refractivity contribution in [1.29, 1.82) is 0 Å². The fraction of sp³-hybridized carbons (Fsp3) is 0.0667. The van der Waals surface area contributed by atoms with Gasteiger partial charge in [-0.05, 0) is 31.2 Å². The number of hydrogen-bond acceptors (Lipinski definition) is 2. The van der Waals surface area contributed by atoms with E-state index in [0.717, 1.165) is 15.4 Å². The third-order valence-electron chi connectivity index (χ3n) is 3.11. The summed E-state index contributed by atoms with van der Waals surface area (Å²) < 4.78 is 27.4. The lowest BCUT2D eigenvalue weighted by molar-refractivity contribution is 0.589. The summed E-state index contributed by atoms with van der Waals surface area (Å²) >= 11 is 3.36. The van der Waals surface area contributed by atoms with Crippen LogP contribution < -0.4 is 0 Å². The van der Waals surface area contributed by atoms with Gasteiger partial charge >= 0.3 is 0 Å². The van der Waals surface area contributed by atoms with E-state index in [-0.39, 0.29) is 4.90 Å². The molecule has 0 saturated carbocycles. The summed E-state index contributed by atoms with van der Waals surface area (Å²) in [6.45, 7) is 1.92. The molecule has 1 radical (unpaired) electrons. The predicted molar refractivity (Wildman–Crippen MR) is 82.2 cm³/mol. The Labute approximate surface area is 126 Å². The molecule has 2 aromatic carbocycles. The lowest BCUT2D eigenvalue weighted by Gasteiger charge is -2.08. The Kier molecular flexibility index (Phi) is 3.18. The van der Waals surface area contributed by atoms with Crippen molar-refractivity contribution in [3.8, 4) is 0 Å². The van der Waals surface area contributed by atoms with Crippen molar-refractivity contribution in [2.45, 2.75) is 11.8 Å². The summed E-state index contributed by atoms with van der Waals surface area (Å²) in [7, 11) is -3.59. The number of benzene rings is 2. The van der Waals surface area contributed by atoms with Crippen molar-refractivity contribution < 1.29 is 8.42 Å². The van der Waals surface area contributed by atoms with Gasteiger partial charge < -0.3 is 0 Å². The van der Waals surface area contributed by atoms with E-state index in [2.05, 4.69) is 22.0 Å². The summed E-state index contributed by atoms with van der Waals surface area (Å²) in [6, 6.07) is 15.3. The second kappa shape index (κ2) is 4.75. The molecule has 0 atom stereocenters. The van der Waals surface area contributed by atoms with Crippen LogP contribution in [0.25, 0.3) is 10.9 Å². The van der Waals surface area contributed by atoms with Crippen molar-refractivity contribution >= 4 is 36.9 Å². The number of nitrogens with zero attached hydrogens (tertiary/aromatic N) is 1. The van der Waals surface area contributed by atoms with Crippen molar-refractivity contribution in [2.75, 3.05) is 0 Å². The van der Waals surface area contributed by atoms with E-state index in [0.29, 0.717) is 5.52 Å². The lowest BCUT2D eigenvalue weighted by Crippen LogP contribution is -2.11. The Hall–Kier alpha value is -1.59. The van der Waals surface area contributed by atoms with Gasteiger partial charge in [0.2, 0.25) is 0 Å². The van der Waals surface area contributed by atoms with Gasteiger partial charge in [0.1, 0.15) is 0 Å². The predicted octanol–water partition coefficient (Wildman–Crippen LogP) is 3.75. The number of fused-ring (bicyclic) bond motifs is 1. The van der Waals surface area contributed by atoms with E-state index in [9.17, 15) is 8.42 Å². The van der Waals surface area contributed by atoms with Crippen molar-refractivity contribution in [3.05, 3.63) is 64.8 Å². The third kappa shape index (κ3) is 2.17. The summed E-state index contributed by atoms with van der Waals surface area (Å²) in [5.41, 5.74) is 1.63. The standard InChI is InChI=1S/C15H11BrNO2S/c1-11-2-6-14(7-3-11)20(18,19)17-9-8-12-4-5-13(16)10-15(12)17/h2-7,9-10H,1H3. The number of halogens is 1. The van der Waals surface area contributed by atoms with Crippen LogP contribution in [-0.2, 0) is 10.0 Å². The first-order valence-electron chi connectivity index (χ1n) is 5.99. The average molecular weight is 349 g/mol. The van der Waals surface area contributed by atoms with E-state index in [1.165, 1.54) is 10.2 Å². The molecule has 0 aliphatic rings. The fourth-order valence-corrected chi connectivity index (χ4v) is 3.69. The lowest BCUT2D eigenvalue weighted by atomic mass is 10.2. The van der Waals surface area contributed by atoms with E-state index >= 15 is 0 Å². The molecule has 0 saturated heterocycles. The monoisotopic (exact) mass is 348 g/mol. The minimum Gasteiger partial charge on any atom is -0.240 e. The van der Waals surface area contributed by atoms with Gasteiger partial charge in [0.25, 0.3) is 10.0 Å². The quantitative estimate of drug-likeness (QED) is 0.707. The molecular formula is C15H11BrNO2S. The van der Waals surface area contributed by atoms with E-state index in [4.69, 9.17) is 0 Å². The van der Waals surface area contributed by atoms with Crippen LogP contribution in [0.5, 0.6) is 0 Å². The highest BCUT2D eigenvalue weighted by Crippen LogP contribution is 2.24. The SMILES string of the molecule is Cc1ccc(S(=O)(=O)n2c[c]c3ccc(Br)cc32)cc1. The van der Waals surface area contributed by atoms with Gasteiger partial charge in [-0.25, -0.2) is 12.4 Å². The van der Waals surface area contributed by atoms with Crippen LogP contribution in [0.4, 0.5) is 0 Å². The van der Waals surface area contributed by atoms with Gasteiger partial charge in [0.15, 0.2) is 0 Å². The average Bonchev–Trinajstić information content (AvgIpc) is 2.82. The van der Waals surface area contributed by atoms with Gasteiger partial charge in [-0.15, -0.1) is 0 Å². The van der Waals surface area contributed by atoms with Crippen molar-refractivity contribution in [3.63, 3.8) is 0 Å². The van der Waals surface area contributed by atoms with Crippen LogP contribution in [-0.4, -0.2) is 12.4 Å². The zero-order chi connectivity index (χ0) is 14.3. The largest absolute Gasteiger partial charge is 0.268 e. The maximum Gasteiger partial charge on any atom is 0.268 e. The molecule has 0 bridgehead atoms. The Morgan fingerprint density at radius 3 is 2.50 bits per heavy atom. The molecule has 1 aromatic heterocycles. The molecule has 0 spiro atoms. The second-order valence-electron chi connectivity index (χ2n) is 4.55. The molecule has 3 aromatic rings. The second-order valence-corrected chi connectivity index (χ2v) is 7.28. The van der Waals surface area contributed by atoms with E-state index in [1.54, 1.807) is 30.3 Å². The van der Waals surface area contributed by atoms with Gasteiger partial charge in [-0.2, -0.15) is 0 Å². The first-order valence-corrected chi connectivity index (χ1v) is 8.22. The molecule has 20 heavy (non-hydrogen) atoms. The third-order valence-corrected chi connectivity index (χ3v) is 5.29. The highest BCUT2D eigenvalue weighted by molar-refractivity contribution is 9.10. The molecule has 0 fully saturated rings. The van der Waals surface area contributed by atoms with Crippen LogP contribution >= 0.6 is 15.9 Å². The smallest absolute Gasteiger partial charge is 0.240 e. The maximum absolute atomic E-state index is 12.7. The molecule has 0 amide bonds. The molecule has 0 N–H and O–H groups in total. The minimum atomic E-state index is -3.59. The van der Waals surface area contributed by atoms with Crippen molar-refractivity contribution in [2.24, 2.45) is 0 Å². The van der Waals surface area contributed by atoms with Gasteiger partial charge in [-0.3, -0.25) is 0 Å². The Morgan fingerprint density at radius 1 is 1.10 bits per heavy atom. The summed E-state index contributed by atoms with van der Waals surface area (Å²) in [4.78, 5) is 0.272. The first kappa shape index (κ1) is 13.4. The Morgan fingerprint density at radius 2 is 1.80 bits per heavy atom. The summed E-state index contributed by atoms with van der Waals surface area (Å²) in [6.07, 6.45) is 1.46. The maximum atomic E-state index is 12.7. The molecule has 3 rings (SSSR count). The molecule has 1 heterocycles.